The highest BCUT2D eigenvalue weighted by atomic mass is 32.2. The van der Waals surface area contributed by atoms with Crippen LogP contribution < -0.4 is 11.5 Å². The molecule has 0 bridgehead atoms. The van der Waals surface area contributed by atoms with Gasteiger partial charge in [0.25, 0.3) is 0 Å². The lowest BCUT2D eigenvalue weighted by atomic mass is 10.3. The Bertz CT molecular complexity index is 562. The predicted molar refractivity (Wildman–Crippen MR) is 71.8 cm³/mol. The molecule has 0 spiro atoms. The largest absolute Gasteiger partial charge is 0.382 e. The third-order valence-electron chi connectivity index (χ3n) is 1.98. The minimum Gasteiger partial charge on any atom is -0.382 e. The van der Waals surface area contributed by atoms with Gasteiger partial charge in [0.05, 0.1) is 5.52 Å². The van der Waals surface area contributed by atoms with Crippen molar-refractivity contribution >= 4 is 34.6 Å². The van der Waals surface area contributed by atoms with Gasteiger partial charge < -0.3 is 11.5 Å². The van der Waals surface area contributed by atoms with Gasteiger partial charge >= 0.3 is 0 Å². The molecule has 0 saturated heterocycles. The number of thioether (sulfide) groups is 1. The van der Waals surface area contributed by atoms with Crippen molar-refractivity contribution < 1.29 is 0 Å². The van der Waals surface area contributed by atoms with Crippen LogP contribution in [0.25, 0.3) is 11.0 Å². The van der Waals surface area contributed by atoms with E-state index >= 15 is 0 Å². The number of nitrogens with zero attached hydrogens (tertiary/aromatic N) is 3. The second-order valence-electron chi connectivity index (χ2n) is 4.72. The number of nitrogens with two attached hydrogens (primary N) is 2. The number of aromatic nitrogens is 3. The molecule has 2 aromatic rings. The minimum atomic E-state index is 0.124. The van der Waals surface area contributed by atoms with E-state index in [0.29, 0.717) is 16.9 Å². The Hall–Kier alpha value is -1.56. The van der Waals surface area contributed by atoms with Crippen molar-refractivity contribution in [1.82, 2.24) is 15.0 Å². The van der Waals surface area contributed by atoms with E-state index in [1.165, 1.54) is 0 Å². The molecule has 0 aliphatic carbocycles. The molecule has 90 valence electrons. The third-order valence-corrected chi connectivity index (χ3v) is 3.05. The molecule has 2 rings (SSSR count). The Morgan fingerprint density at radius 2 is 1.88 bits per heavy atom. The molecule has 5 nitrogen and oxygen atoms in total. The highest BCUT2D eigenvalue weighted by Gasteiger charge is 2.13. The zero-order valence-electron chi connectivity index (χ0n) is 10.1. The molecule has 0 unspecified atom stereocenters. The number of fused-ring (bicyclic) bond motifs is 1. The molecule has 2 aromatic heterocycles. The smallest absolute Gasteiger partial charge is 0.222 e. The van der Waals surface area contributed by atoms with Crippen molar-refractivity contribution in [2.24, 2.45) is 0 Å². The van der Waals surface area contributed by atoms with Crippen LogP contribution in [0.15, 0.2) is 17.2 Å². The first-order valence-corrected chi connectivity index (χ1v) is 6.04. The van der Waals surface area contributed by atoms with Crippen LogP contribution >= 0.6 is 11.8 Å². The van der Waals surface area contributed by atoms with Gasteiger partial charge in [-0.1, -0.05) is 20.8 Å². The summed E-state index contributed by atoms with van der Waals surface area (Å²) in [5.41, 5.74) is 12.6. The highest BCUT2D eigenvalue weighted by Crippen LogP contribution is 2.32. The van der Waals surface area contributed by atoms with Gasteiger partial charge in [0.2, 0.25) is 5.95 Å². The molecule has 0 fully saturated rings. The van der Waals surface area contributed by atoms with Gasteiger partial charge in [0.15, 0.2) is 5.82 Å². The quantitative estimate of drug-likeness (QED) is 0.752. The van der Waals surface area contributed by atoms with Gasteiger partial charge in [-0.3, -0.25) is 0 Å². The van der Waals surface area contributed by atoms with E-state index in [9.17, 15) is 0 Å². The van der Waals surface area contributed by atoms with Crippen LogP contribution in [0.3, 0.4) is 0 Å². The van der Waals surface area contributed by atoms with Gasteiger partial charge in [-0.05, 0) is 6.07 Å². The van der Waals surface area contributed by atoms with Crippen LogP contribution in [0.4, 0.5) is 11.8 Å². The average molecular weight is 249 g/mol. The molecule has 4 N–H and O–H groups in total. The van der Waals surface area contributed by atoms with E-state index in [4.69, 9.17) is 11.5 Å². The molecular weight excluding hydrogens is 234 g/mol. The van der Waals surface area contributed by atoms with E-state index in [1.54, 1.807) is 18.0 Å². The summed E-state index contributed by atoms with van der Waals surface area (Å²) in [6.45, 7) is 6.43. The van der Waals surface area contributed by atoms with Gasteiger partial charge in [0, 0.05) is 15.8 Å². The van der Waals surface area contributed by atoms with Crippen LogP contribution in [-0.4, -0.2) is 19.7 Å². The standard InChI is InChI=1S/C11H15N5S/c1-11(2,3)17-6-4-7-8(14-5-6)9(12)16-10(13)15-7/h4-5H,1-3H3,(H4,12,13,15,16). The summed E-state index contributed by atoms with van der Waals surface area (Å²) in [6.07, 6.45) is 1.79. The zero-order valence-corrected chi connectivity index (χ0v) is 10.9. The van der Waals surface area contributed by atoms with Crippen LogP contribution in [0, 0.1) is 0 Å². The molecule has 0 saturated carbocycles. The highest BCUT2D eigenvalue weighted by molar-refractivity contribution is 8.00. The zero-order chi connectivity index (χ0) is 12.6. The van der Waals surface area contributed by atoms with Crippen LogP contribution in [0.5, 0.6) is 0 Å². The summed E-state index contributed by atoms with van der Waals surface area (Å²) < 4.78 is 0.124. The average Bonchev–Trinajstić information content (AvgIpc) is 2.13. The van der Waals surface area contributed by atoms with E-state index < -0.39 is 0 Å². The maximum atomic E-state index is 5.73. The number of pyridine rings is 1. The van der Waals surface area contributed by atoms with Gasteiger partial charge in [-0.2, -0.15) is 4.98 Å². The molecule has 0 radical (unpaired) electrons. The fourth-order valence-corrected chi connectivity index (χ4v) is 2.43. The molecule has 0 atom stereocenters. The van der Waals surface area contributed by atoms with E-state index in [1.807, 2.05) is 6.07 Å². The molecule has 0 aliphatic heterocycles. The second kappa shape index (κ2) is 4.03. The molecule has 6 heteroatoms. The molecule has 0 aliphatic rings. The first-order chi connectivity index (χ1) is 7.85. The SMILES string of the molecule is CC(C)(C)Sc1cnc2c(N)nc(N)nc2c1. The lowest BCUT2D eigenvalue weighted by Crippen LogP contribution is -2.07. The summed E-state index contributed by atoms with van der Waals surface area (Å²) in [6, 6.07) is 1.94. The minimum absolute atomic E-state index is 0.124. The molecular formula is C11H15N5S. The summed E-state index contributed by atoms with van der Waals surface area (Å²) in [4.78, 5) is 13.3. The van der Waals surface area contributed by atoms with Crippen molar-refractivity contribution in [1.29, 1.82) is 0 Å². The van der Waals surface area contributed by atoms with Gasteiger partial charge in [-0.25, -0.2) is 9.97 Å². The Balaban J connectivity index is 2.50. The van der Waals surface area contributed by atoms with Crippen LogP contribution in [0.1, 0.15) is 20.8 Å². The topological polar surface area (TPSA) is 90.7 Å². The number of anilines is 2. The lowest BCUT2D eigenvalue weighted by Gasteiger charge is -2.17. The third kappa shape index (κ3) is 2.76. The molecule has 0 aromatic carbocycles. The summed E-state index contributed by atoms with van der Waals surface area (Å²) in [7, 11) is 0. The van der Waals surface area contributed by atoms with Crippen molar-refractivity contribution in [3.05, 3.63) is 12.3 Å². The van der Waals surface area contributed by atoms with Crippen LogP contribution in [0.2, 0.25) is 0 Å². The Morgan fingerprint density at radius 3 is 2.53 bits per heavy atom. The van der Waals surface area contributed by atoms with Crippen molar-refractivity contribution in [2.45, 2.75) is 30.4 Å². The fraction of sp³-hybridized carbons (Fsp3) is 0.364. The van der Waals surface area contributed by atoms with Gasteiger partial charge in [-0.15, -0.1) is 11.8 Å². The maximum absolute atomic E-state index is 5.73. The first kappa shape index (κ1) is 11.9. The Kier molecular flexibility index (Phi) is 2.82. The van der Waals surface area contributed by atoms with Crippen molar-refractivity contribution in [3.63, 3.8) is 0 Å². The second-order valence-corrected chi connectivity index (χ2v) is 6.62. The molecule has 17 heavy (non-hydrogen) atoms. The monoisotopic (exact) mass is 249 g/mol. The number of rotatable bonds is 1. The lowest BCUT2D eigenvalue weighted by molar-refractivity contribution is 0.802. The van der Waals surface area contributed by atoms with Crippen LogP contribution in [-0.2, 0) is 0 Å². The summed E-state index contributed by atoms with van der Waals surface area (Å²) in [5, 5.41) is 0. The molecule has 0 amide bonds. The maximum Gasteiger partial charge on any atom is 0.222 e. The summed E-state index contributed by atoms with van der Waals surface area (Å²) >= 11 is 1.72. The van der Waals surface area contributed by atoms with Crippen molar-refractivity contribution in [3.8, 4) is 0 Å². The Morgan fingerprint density at radius 1 is 1.18 bits per heavy atom. The van der Waals surface area contributed by atoms with E-state index in [-0.39, 0.29) is 10.7 Å². The summed E-state index contributed by atoms with van der Waals surface area (Å²) in [5.74, 6) is 0.495. The Labute approximate surface area is 104 Å². The number of nitrogen functional groups attached to an aromatic ring is 2. The number of hydrogen-bond donors (Lipinski definition) is 2. The fourth-order valence-electron chi connectivity index (χ4n) is 1.45. The molecule has 2 heterocycles. The van der Waals surface area contributed by atoms with Gasteiger partial charge in [0.1, 0.15) is 5.52 Å². The normalized spacial score (nSPS) is 11.9. The number of hydrogen-bond acceptors (Lipinski definition) is 6. The van der Waals surface area contributed by atoms with Crippen molar-refractivity contribution in [2.75, 3.05) is 11.5 Å². The first-order valence-electron chi connectivity index (χ1n) is 5.23. The van der Waals surface area contributed by atoms with E-state index in [0.717, 1.165) is 4.90 Å². The van der Waals surface area contributed by atoms with E-state index in [2.05, 4.69) is 35.7 Å². The predicted octanol–water partition coefficient (Wildman–Crippen LogP) is 2.08.